The van der Waals surface area contributed by atoms with Crippen molar-refractivity contribution in [2.45, 2.75) is 13.3 Å². The minimum atomic E-state index is -2.38. The van der Waals surface area contributed by atoms with Gasteiger partial charge in [0.05, 0.1) is 12.2 Å². The predicted octanol–water partition coefficient (Wildman–Crippen LogP) is 3.35. The molecule has 0 fully saturated rings. The van der Waals surface area contributed by atoms with E-state index >= 15 is 0 Å². The van der Waals surface area contributed by atoms with Crippen LogP contribution >= 0.6 is 15.9 Å². The monoisotopic (exact) mass is 291 g/mol. The van der Waals surface area contributed by atoms with Crippen LogP contribution in [0.5, 0.6) is 0 Å². The maximum Gasteiger partial charge on any atom is 0.255 e. The van der Waals surface area contributed by atoms with Gasteiger partial charge in [0.15, 0.2) is 5.78 Å². The Morgan fingerprint density at radius 3 is 2.56 bits per heavy atom. The molecule has 0 aliphatic carbocycles. The Labute approximate surface area is 101 Å². The van der Waals surface area contributed by atoms with E-state index in [-0.39, 0.29) is 12.3 Å². The molecule has 5 heteroatoms. The van der Waals surface area contributed by atoms with Crippen LogP contribution in [0.1, 0.15) is 17.3 Å². The minimum Gasteiger partial charge on any atom is -0.368 e. The molecule has 2 nitrogen and oxygen atoms in total. The quantitative estimate of drug-likeness (QED) is 0.793. The van der Waals surface area contributed by atoms with Gasteiger partial charge in [-0.2, -0.15) is 0 Å². The highest BCUT2D eigenvalue weighted by molar-refractivity contribution is 9.10. The molecule has 88 valence electrons. The first-order chi connectivity index (χ1) is 7.41. The first-order valence-electron chi connectivity index (χ1n) is 4.71. The van der Waals surface area contributed by atoms with Gasteiger partial charge >= 0.3 is 0 Å². The number of halogens is 3. The molecule has 0 radical (unpaired) electrons. The lowest BCUT2D eigenvalue weighted by Crippen LogP contribution is -2.24. The van der Waals surface area contributed by atoms with E-state index in [0.29, 0.717) is 15.7 Å². The number of nitrogens with zero attached hydrogens (tertiary/aromatic N) is 1. The molecule has 0 saturated heterocycles. The number of ketones is 1. The summed E-state index contributed by atoms with van der Waals surface area (Å²) >= 11 is 3.27. The summed E-state index contributed by atoms with van der Waals surface area (Å²) in [6, 6.07) is 4.92. The zero-order valence-corrected chi connectivity index (χ0v) is 10.6. The maximum atomic E-state index is 12.2. The van der Waals surface area contributed by atoms with Crippen molar-refractivity contribution in [3.63, 3.8) is 0 Å². The van der Waals surface area contributed by atoms with Crippen molar-refractivity contribution < 1.29 is 13.6 Å². The van der Waals surface area contributed by atoms with Crippen molar-refractivity contribution in [2.75, 3.05) is 18.5 Å². The van der Waals surface area contributed by atoms with Crippen LogP contribution in [0.15, 0.2) is 22.7 Å². The van der Waals surface area contributed by atoms with Gasteiger partial charge in [0.25, 0.3) is 6.43 Å². The van der Waals surface area contributed by atoms with Crippen LogP contribution in [0.3, 0.4) is 0 Å². The van der Waals surface area contributed by atoms with E-state index in [1.807, 2.05) is 0 Å². The van der Waals surface area contributed by atoms with E-state index in [4.69, 9.17) is 0 Å². The van der Waals surface area contributed by atoms with E-state index in [2.05, 4.69) is 15.9 Å². The third-order valence-corrected chi connectivity index (χ3v) is 2.81. The standard InChI is InChI=1S/C11H12BrF2NO/c1-7(16)8-3-4-10(9(12)5-8)15(2)6-11(13)14/h3-5,11H,6H2,1-2H3. The number of benzene rings is 1. The molecule has 0 heterocycles. The van der Waals surface area contributed by atoms with Crippen LogP contribution in [0.2, 0.25) is 0 Å². The van der Waals surface area contributed by atoms with Crippen molar-refractivity contribution in [3.8, 4) is 0 Å². The lowest BCUT2D eigenvalue weighted by molar-refractivity contribution is 0.101. The summed E-state index contributed by atoms with van der Waals surface area (Å²) in [4.78, 5) is 12.5. The Balaban J connectivity index is 2.94. The molecule has 0 N–H and O–H groups in total. The summed E-state index contributed by atoms with van der Waals surface area (Å²) in [6.07, 6.45) is -2.38. The van der Waals surface area contributed by atoms with Crippen molar-refractivity contribution >= 4 is 27.4 Å². The van der Waals surface area contributed by atoms with Gasteiger partial charge < -0.3 is 4.90 Å². The van der Waals surface area contributed by atoms with E-state index in [1.54, 1.807) is 25.2 Å². The summed E-state index contributed by atoms with van der Waals surface area (Å²) in [5.74, 6) is -0.0521. The van der Waals surface area contributed by atoms with Gasteiger partial charge in [-0.3, -0.25) is 4.79 Å². The molecule has 16 heavy (non-hydrogen) atoms. The highest BCUT2D eigenvalue weighted by atomic mass is 79.9. The molecule has 0 atom stereocenters. The molecule has 1 aromatic carbocycles. The van der Waals surface area contributed by atoms with Crippen LogP contribution in [0.4, 0.5) is 14.5 Å². The molecular weight excluding hydrogens is 280 g/mol. The van der Waals surface area contributed by atoms with Crippen LogP contribution in [0, 0.1) is 0 Å². The summed E-state index contributed by atoms with van der Waals surface area (Å²) < 4.78 is 25.0. The first kappa shape index (κ1) is 13.1. The fourth-order valence-corrected chi connectivity index (χ4v) is 2.02. The molecule has 0 aliphatic rings. The smallest absolute Gasteiger partial charge is 0.255 e. The number of hydrogen-bond donors (Lipinski definition) is 0. The van der Waals surface area contributed by atoms with E-state index in [0.717, 1.165) is 0 Å². The van der Waals surface area contributed by atoms with Gasteiger partial charge in [-0.25, -0.2) is 8.78 Å². The Bertz CT molecular complexity index is 396. The highest BCUT2D eigenvalue weighted by Crippen LogP contribution is 2.27. The third-order valence-electron chi connectivity index (χ3n) is 2.18. The number of Topliss-reactive ketones (excluding diaryl/α,β-unsaturated/α-hetero) is 1. The number of alkyl halides is 2. The topological polar surface area (TPSA) is 20.3 Å². The zero-order chi connectivity index (χ0) is 12.3. The molecule has 0 aliphatic heterocycles. The molecule has 0 unspecified atom stereocenters. The summed E-state index contributed by atoms with van der Waals surface area (Å²) in [7, 11) is 1.58. The Morgan fingerprint density at radius 1 is 1.50 bits per heavy atom. The maximum absolute atomic E-state index is 12.2. The van der Waals surface area contributed by atoms with E-state index < -0.39 is 6.43 Å². The van der Waals surface area contributed by atoms with Crippen LogP contribution in [-0.4, -0.2) is 25.8 Å². The SMILES string of the molecule is CC(=O)c1ccc(N(C)CC(F)F)c(Br)c1. The number of rotatable bonds is 4. The second-order valence-corrected chi connectivity index (χ2v) is 4.35. The normalized spacial score (nSPS) is 10.6. The van der Waals surface area contributed by atoms with Crippen molar-refractivity contribution in [3.05, 3.63) is 28.2 Å². The fraction of sp³-hybridized carbons (Fsp3) is 0.364. The summed E-state index contributed by atoms with van der Waals surface area (Å²) in [6.45, 7) is 1.13. The Hall–Kier alpha value is -0.970. The van der Waals surface area contributed by atoms with Crippen LogP contribution in [-0.2, 0) is 0 Å². The largest absolute Gasteiger partial charge is 0.368 e. The minimum absolute atomic E-state index is 0.0521. The number of carbonyl (C=O) groups excluding carboxylic acids is 1. The second-order valence-electron chi connectivity index (χ2n) is 3.49. The molecule has 0 saturated carbocycles. The fourth-order valence-electron chi connectivity index (χ4n) is 1.34. The summed E-state index contributed by atoms with van der Waals surface area (Å²) in [5.41, 5.74) is 1.20. The number of anilines is 1. The average Bonchev–Trinajstić information content (AvgIpc) is 2.15. The van der Waals surface area contributed by atoms with Crippen molar-refractivity contribution in [1.29, 1.82) is 0 Å². The Kier molecular flexibility index (Phi) is 4.41. The third kappa shape index (κ3) is 3.27. The van der Waals surface area contributed by atoms with Gasteiger partial charge in [-0.15, -0.1) is 0 Å². The van der Waals surface area contributed by atoms with Gasteiger partial charge in [-0.1, -0.05) is 0 Å². The molecule has 0 aromatic heterocycles. The van der Waals surface area contributed by atoms with Gasteiger partial charge in [0.2, 0.25) is 0 Å². The molecular formula is C11H12BrF2NO. The van der Waals surface area contributed by atoms with Crippen LogP contribution < -0.4 is 4.90 Å². The molecule has 0 bridgehead atoms. The Morgan fingerprint density at radius 2 is 2.12 bits per heavy atom. The molecule has 1 rings (SSSR count). The number of carbonyl (C=O) groups is 1. The van der Waals surface area contributed by atoms with E-state index in [1.165, 1.54) is 11.8 Å². The summed E-state index contributed by atoms with van der Waals surface area (Å²) in [5, 5.41) is 0. The number of hydrogen-bond acceptors (Lipinski definition) is 2. The molecule has 0 spiro atoms. The first-order valence-corrected chi connectivity index (χ1v) is 5.51. The van der Waals surface area contributed by atoms with Crippen LogP contribution in [0.25, 0.3) is 0 Å². The van der Waals surface area contributed by atoms with Gasteiger partial charge in [0.1, 0.15) is 0 Å². The lowest BCUT2D eigenvalue weighted by atomic mass is 10.1. The van der Waals surface area contributed by atoms with Gasteiger partial charge in [-0.05, 0) is 41.1 Å². The molecule has 0 amide bonds. The van der Waals surface area contributed by atoms with Crippen molar-refractivity contribution in [1.82, 2.24) is 0 Å². The lowest BCUT2D eigenvalue weighted by Gasteiger charge is -2.20. The predicted molar refractivity (Wildman–Crippen MR) is 63.4 cm³/mol. The highest BCUT2D eigenvalue weighted by Gasteiger charge is 2.12. The second kappa shape index (κ2) is 5.39. The average molecular weight is 292 g/mol. The van der Waals surface area contributed by atoms with Crippen molar-refractivity contribution in [2.24, 2.45) is 0 Å². The molecule has 1 aromatic rings. The zero-order valence-electron chi connectivity index (χ0n) is 9.01. The van der Waals surface area contributed by atoms with E-state index in [9.17, 15) is 13.6 Å². The van der Waals surface area contributed by atoms with Gasteiger partial charge in [0, 0.05) is 17.1 Å².